The van der Waals surface area contributed by atoms with Crippen molar-refractivity contribution in [1.29, 1.82) is 0 Å². The monoisotopic (exact) mass is 288 g/mol. The summed E-state index contributed by atoms with van der Waals surface area (Å²) in [5.41, 5.74) is 4.27. The molecule has 4 heteroatoms. The van der Waals surface area contributed by atoms with Crippen LogP contribution in [0.5, 0.6) is 0 Å². The Bertz CT molecular complexity index is 631. The van der Waals surface area contributed by atoms with Crippen LogP contribution in [0.3, 0.4) is 0 Å². The Morgan fingerprint density at radius 3 is 2.55 bits per heavy atom. The van der Waals surface area contributed by atoms with Gasteiger partial charge in [0.25, 0.3) is 0 Å². The first-order valence-electron chi connectivity index (χ1n) is 6.63. The van der Waals surface area contributed by atoms with E-state index in [0.717, 1.165) is 23.5 Å². The SMILES string of the molecule is CC(=O)Nc1cc(NCc2cc(C)sc2C)ccc1C. The summed E-state index contributed by atoms with van der Waals surface area (Å²) in [6, 6.07) is 8.25. The van der Waals surface area contributed by atoms with Gasteiger partial charge in [0.05, 0.1) is 0 Å². The summed E-state index contributed by atoms with van der Waals surface area (Å²) in [5.74, 6) is -0.0467. The van der Waals surface area contributed by atoms with E-state index in [1.165, 1.54) is 22.2 Å². The molecule has 0 bridgehead atoms. The van der Waals surface area contributed by atoms with E-state index < -0.39 is 0 Å². The standard InChI is InChI=1S/C16H20N2OS/c1-10-5-6-15(8-16(10)18-13(4)19)17-9-14-7-11(2)20-12(14)3/h5-8,17H,9H2,1-4H3,(H,18,19). The third-order valence-corrected chi connectivity index (χ3v) is 4.18. The van der Waals surface area contributed by atoms with Crippen LogP contribution in [0.1, 0.15) is 27.8 Å². The molecule has 1 aromatic heterocycles. The van der Waals surface area contributed by atoms with Gasteiger partial charge in [0.15, 0.2) is 0 Å². The summed E-state index contributed by atoms with van der Waals surface area (Å²) in [4.78, 5) is 13.9. The third-order valence-electron chi connectivity index (χ3n) is 3.18. The Balaban J connectivity index is 2.10. The number of carbonyl (C=O) groups is 1. The van der Waals surface area contributed by atoms with Crippen molar-refractivity contribution in [2.45, 2.75) is 34.2 Å². The highest BCUT2D eigenvalue weighted by atomic mass is 32.1. The van der Waals surface area contributed by atoms with Crippen LogP contribution in [-0.2, 0) is 11.3 Å². The van der Waals surface area contributed by atoms with Crippen molar-refractivity contribution < 1.29 is 4.79 Å². The summed E-state index contributed by atoms with van der Waals surface area (Å²) in [7, 11) is 0. The van der Waals surface area contributed by atoms with Crippen LogP contribution in [0, 0.1) is 20.8 Å². The van der Waals surface area contributed by atoms with Crippen LogP contribution in [0.15, 0.2) is 24.3 Å². The van der Waals surface area contributed by atoms with Crippen LogP contribution in [0.4, 0.5) is 11.4 Å². The van der Waals surface area contributed by atoms with Crippen molar-refractivity contribution in [3.63, 3.8) is 0 Å². The highest BCUT2D eigenvalue weighted by Crippen LogP contribution is 2.24. The minimum atomic E-state index is -0.0467. The summed E-state index contributed by atoms with van der Waals surface area (Å²) < 4.78 is 0. The van der Waals surface area contributed by atoms with E-state index in [1.54, 1.807) is 0 Å². The fourth-order valence-corrected chi connectivity index (χ4v) is 3.06. The Hall–Kier alpha value is -1.81. The number of benzene rings is 1. The van der Waals surface area contributed by atoms with Crippen molar-refractivity contribution >= 4 is 28.6 Å². The quantitative estimate of drug-likeness (QED) is 0.883. The molecule has 0 fully saturated rings. The fraction of sp³-hybridized carbons (Fsp3) is 0.312. The van der Waals surface area contributed by atoms with Gasteiger partial charge >= 0.3 is 0 Å². The number of thiophene rings is 1. The average Bonchev–Trinajstić information content (AvgIpc) is 2.68. The molecule has 3 nitrogen and oxygen atoms in total. The van der Waals surface area contributed by atoms with Gasteiger partial charge in [-0.15, -0.1) is 11.3 Å². The van der Waals surface area contributed by atoms with Gasteiger partial charge in [-0.3, -0.25) is 4.79 Å². The Morgan fingerprint density at radius 1 is 1.20 bits per heavy atom. The molecule has 20 heavy (non-hydrogen) atoms. The van der Waals surface area contributed by atoms with Crippen LogP contribution in [0.25, 0.3) is 0 Å². The summed E-state index contributed by atoms with van der Waals surface area (Å²) in [6.07, 6.45) is 0. The first-order chi connectivity index (χ1) is 9.45. The molecule has 2 N–H and O–H groups in total. The number of amides is 1. The number of anilines is 2. The number of carbonyl (C=O) groups excluding carboxylic acids is 1. The molecule has 106 valence electrons. The number of rotatable bonds is 4. The van der Waals surface area contributed by atoms with Gasteiger partial charge in [-0.2, -0.15) is 0 Å². The molecule has 0 spiro atoms. The molecule has 1 amide bonds. The number of nitrogens with one attached hydrogen (secondary N) is 2. The fourth-order valence-electron chi connectivity index (χ4n) is 2.11. The molecule has 1 aromatic carbocycles. The van der Waals surface area contributed by atoms with Gasteiger partial charge in [0.1, 0.15) is 0 Å². The van der Waals surface area contributed by atoms with Gasteiger partial charge in [0, 0.05) is 34.6 Å². The van der Waals surface area contributed by atoms with Gasteiger partial charge < -0.3 is 10.6 Å². The minimum absolute atomic E-state index is 0.0467. The zero-order valence-corrected chi connectivity index (χ0v) is 13.1. The van der Waals surface area contributed by atoms with E-state index in [0.29, 0.717) is 0 Å². The zero-order valence-electron chi connectivity index (χ0n) is 12.3. The van der Waals surface area contributed by atoms with E-state index >= 15 is 0 Å². The average molecular weight is 288 g/mol. The number of hydrogen-bond acceptors (Lipinski definition) is 3. The molecule has 0 aliphatic rings. The Kier molecular flexibility index (Phi) is 4.45. The molecule has 2 aromatic rings. The zero-order chi connectivity index (χ0) is 14.7. The third kappa shape index (κ3) is 3.61. The maximum Gasteiger partial charge on any atom is 0.221 e. The second-order valence-corrected chi connectivity index (χ2v) is 6.46. The number of aryl methyl sites for hydroxylation is 3. The molecule has 0 unspecified atom stereocenters. The van der Waals surface area contributed by atoms with Crippen molar-refractivity contribution in [3.05, 3.63) is 45.1 Å². The van der Waals surface area contributed by atoms with Crippen molar-refractivity contribution in [2.75, 3.05) is 10.6 Å². The second kappa shape index (κ2) is 6.09. The minimum Gasteiger partial charge on any atom is -0.381 e. The lowest BCUT2D eigenvalue weighted by atomic mass is 10.1. The molecule has 0 aliphatic carbocycles. The molecule has 2 rings (SSSR count). The Labute approximate surface area is 124 Å². The van der Waals surface area contributed by atoms with Crippen molar-refractivity contribution in [1.82, 2.24) is 0 Å². The lowest BCUT2D eigenvalue weighted by molar-refractivity contribution is -0.114. The molecule has 0 atom stereocenters. The largest absolute Gasteiger partial charge is 0.381 e. The van der Waals surface area contributed by atoms with Crippen molar-refractivity contribution in [2.24, 2.45) is 0 Å². The topological polar surface area (TPSA) is 41.1 Å². The lowest BCUT2D eigenvalue weighted by Crippen LogP contribution is -2.08. The summed E-state index contributed by atoms with van der Waals surface area (Å²) in [5, 5.41) is 6.26. The maximum atomic E-state index is 11.2. The summed E-state index contributed by atoms with van der Waals surface area (Å²) >= 11 is 1.82. The lowest BCUT2D eigenvalue weighted by Gasteiger charge is -2.11. The Morgan fingerprint density at radius 2 is 1.95 bits per heavy atom. The number of hydrogen-bond donors (Lipinski definition) is 2. The predicted octanol–water partition coefficient (Wildman–Crippen LogP) is 4.24. The van der Waals surface area contributed by atoms with Gasteiger partial charge in [-0.1, -0.05) is 6.07 Å². The van der Waals surface area contributed by atoms with E-state index in [9.17, 15) is 4.79 Å². The molecule has 0 radical (unpaired) electrons. The highest BCUT2D eigenvalue weighted by Gasteiger charge is 2.05. The molecule has 0 saturated carbocycles. The first-order valence-corrected chi connectivity index (χ1v) is 7.45. The van der Waals surface area contributed by atoms with Gasteiger partial charge in [-0.25, -0.2) is 0 Å². The molecule has 0 aliphatic heterocycles. The molecule has 1 heterocycles. The van der Waals surface area contributed by atoms with Crippen LogP contribution < -0.4 is 10.6 Å². The predicted molar refractivity (Wildman–Crippen MR) is 86.6 cm³/mol. The molecular weight excluding hydrogens is 268 g/mol. The van der Waals surface area contributed by atoms with E-state index in [4.69, 9.17) is 0 Å². The van der Waals surface area contributed by atoms with Crippen LogP contribution >= 0.6 is 11.3 Å². The highest BCUT2D eigenvalue weighted by molar-refractivity contribution is 7.12. The van der Waals surface area contributed by atoms with Crippen LogP contribution in [0.2, 0.25) is 0 Å². The van der Waals surface area contributed by atoms with E-state index in [-0.39, 0.29) is 5.91 Å². The smallest absolute Gasteiger partial charge is 0.221 e. The summed E-state index contributed by atoms with van der Waals surface area (Å²) in [6.45, 7) is 8.59. The maximum absolute atomic E-state index is 11.2. The van der Waals surface area contributed by atoms with E-state index in [1.807, 2.05) is 36.5 Å². The normalized spacial score (nSPS) is 10.4. The van der Waals surface area contributed by atoms with E-state index in [2.05, 4.69) is 30.5 Å². The second-order valence-electron chi connectivity index (χ2n) is 5.00. The molecular formula is C16H20N2OS. The van der Waals surface area contributed by atoms with Crippen molar-refractivity contribution in [3.8, 4) is 0 Å². The van der Waals surface area contributed by atoms with Gasteiger partial charge in [-0.05, 0) is 50.1 Å². The molecule has 0 saturated heterocycles. The van der Waals surface area contributed by atoms with Gasteiger partial charge in [0.2, 0.25) is 5.91 Å². The van der Waals surface area contributed by atoms with Crippen LogP contribution in [-0.4, -0.2) is 5.91 Å². The first kappa shape index (κ1) is 14.6.